The SMILES string of the molecule is COCCNCC(=O)NCCC(=O)N1CCN(C)CC1.Cl.Cl. The zero-order chi connectivity index (χ0) is 14.8. The summed E-state index contributed by atoms with van der Waals surface area (Å²) in [5, 5.41) is 5.69. The lowest BCUT2D eigenvalue weighted by molar-refractivity contribution is -0.132. The molecule has 1 fully saturated rings. The van der Waals surface area contributed by atoms with E-state index >= 15 is 0 Å². The molecular weight excluding hydrogens is 331 g/mol. The van der Waals surface area contributed by atoms with Gasteiger partial charge in [-0.25, -0.2) is 0 Å². The Balaban J connectivity index is 0. The van der Waals surface area contributed by atoms with Gasteiger partial charge in [0.05, 0.1) is 13.2 Å². The number of carbonyl (C=O) groups is 2. The summed E-state index contributed by atoms with van der Waals surface area (Å²) in [4.78, 5) is 27.4. The number of carbonyl (C=O) groups excluding carboxylic acids is 2. The van der Waals surface area contributed by atoms with Gasteiger partial charge in [-0.15, -0.1) is 24.8 Å². The lowest BCUT2D eigenvalue weighted by Gasteiger charge is -2.32. The minimum atomic E-state index is -0.0905. The van der Waals surface area contributed by atoms with Crippen molar-refractivity contribution in [1.29, 1.82) is 0 Å². The Labute approximate surface area is 144 Å². The smallest absolute Gasteiger partial charge is 0.233 e. The number of hydrogen-bond donors (Lipinski definition) is 2. The number of ether oxygens (including phenoxy) is 1. The van der Waals surface area contributed by atoms with Crippen LogP contribution in [-0.2, 0) is 14.3 Å². The van der Waals surface area contributed by atoms with Gasteiger partial charge in [0.2, 0.25) is 11.8 Å². The van der Waals surface area contributed by atoms with E-state index in [0.717, 1.165) is 26.2 Å². The normalized spacial score (nSPS) is 14.7. The summed E-state index contributed by atoms with van der Waals surface area (Å²) < 4.78 is 4.86. The maximum Gasteiger partial charge on any atom is 0.233 e. The molecule has 1 heterocycles. The first-order valence-electron chi connectivity index (χ1n) is 7.06. The van der Waals surface area contributed by atoms with E-state index in [9.17, 15) is 9.59 Å². The average molecular weight is 359 g/mol. The third-order valence-electron chi connectivity index (χ3n) is 3.29. The third kappa shape index (κ3) is 10.2. The topological polar surface area (TPSA) is 73.9 Å². The Hall–Kier alpha value is -0.600. The van der Waals surface area contributed by atoms with Crippen LogP contribution in [0.15, 0.2) is 0 Å². The first-order chi connectivity index (χ1) is 9.63. The number of halogens is 2. The average Bonchev–Trinajstić information content (AvgIpc) is 2.44. The quantitative estimate of drug-likeness (QED) is 0.564. The maximum absolute atomic E-state index is 11.9. The standard InChI is InChI=1S/C13H26N4O3.2ClH/c1-16-6-8-17(9-7-16)13(19)3-4-15-12(18)11-14-5-10-20-2;;/h14H,3-11H2,1-2H3,(H,15,18);2*1H. The fourth-order valence-electron chi connectivity index (χ4n) is 1.96. The lowest BCUT2D eigenvalue weighted by atomic mass is 10.3. The largest absolute Gasteiger partial charge is 0.383 e. The molecule has 1 aliphatic rings. The van der Waals surface area contributed by atoms with Gasteiger partial charge in [-0.1, -0.05) is 0 Å². The summed E-state index contributed by atoms with van der Waals surface area (Å²) >= 11 is 0. The zero-order valence-electron chi connectivity index (χ0n) is 13.3. The summed E-state index contributed by atoms with van der Waals surface area (Å²) in [6, 6.07) is 0. The Kier molecular flexibility index (Phi) is 15.1. The van der Waals surface area contributed by atoms with Crippen LogP contribution in [0, 0.1) is 0 Å². The van der Waals surface area contributed by atoms with Crippen molar-refractivity contribution in [2.75, 3.05) is 66.6 Å². The number of amides is 2. The Morgan fingerprint density at radius 3 is 2.32 bits per heavy atom. The van der Waals surface area contributed by atoms with Crippen LogP contribution in [0.2, 0.25) is 0 Å². The summed E-state index contributed by atoms with van der Waals surface area (Å²) in [6.45, 7) is 5.27. The van der Waals surface area contributed by atoms with Crippen LogP contribution in [0.4, 0.5) is 0 Å². The van der Waals surface area contributed by atoms with Gasteiger partial charge < -0.3 is 25.2 Å². The van der Waals surface area contributed by atoms with Crippen molar-refractivity contribution >= 4 is 36.6 Å². The van der Waals surface area contributed by atoms with Gasteiger partial charge in [-0.05, 0) is 7.05 Å². The van der Waals surface area contributed by atoms with E-state index < -0.39 is 0 Å². The first-order valence-corrected chi connectivity index (χ1v) is 7.06. The van der Waals surface area contributed by atoms with E-state index in [1.54, 1.807) is 7.11 Å². The molecule has 0 aromatic carbocycles. The maximum atomic E-state index is 11.9. The van der Waals surface area contributed by atoms with Gasteiger partial charge >= 0.3 is 0 Å². The van der Waals surface area contributed by atoms with E-state index in [1.807, 2.05) is 4.90 Å². The molecule has 1 aliphatic heterocycles. The predicted molar refractivity (Wildman–Crippen MR) is 90.9 cm³/mol. The van der Waals surface area contributed by atoms with Crippen LogP contribution in [0.3, 0.4) is 0 Å². The number of rotatable bonds is 8. The van der Waals surface area contributed by atoms with Crippen LogP contribution in [0.5, 0.6) is 0 Å². The third-order valence-corrected chi connectivity index (χ3v) is 3.29. The van der Waals surface area contributed by atoms with Gasteiger partial charge in [-0.3, -0.25) is 9.59 Å². The van der Waals surface area contributed by atoms with Crippen molar-refractivity contribution in [2.45, 2.75) is 6.42 Å². The molecule has 0 spiro atoms. The zero-order valence-corrected chi connectivity index (χ0v) is 14.9. The Bertz CT molecular complexity index is 314. The fraction of sp³-hybridized carbons (Fsp3) is 0.846. The molecule has 132 valence electrons. The molecule has 0 aliphatic carbocycles. The number of nitrogens with one attached hydrogen (secondary N) is 2. The summed E-state index contributed by atoms with van der Waals surface area (Å²) in [7, 11) is 3.67. The number of methoxy groups -OCH3 is 1. The van der Waals surface area contributed by atoms with Crippen molar-refractivity contribution in [3.05, 3.63) is 0 Å². The van der Waals surface area contributed by atoms with E-state index in [2.05, 4.69) is 22.6 Å². The molecule has 0 bridgehead atoms. The molecule has 22 heavy (non-hydrogen) atoms. The molecule has 0 atom stereocenters. The van der Waals surface area contributed by atoms with E-state index in [1.165, 1.54) is 0 Å². The molecule has 1 rings (SSSR count). The molecule has 0 aromatic heterocycles. The Morgan fingerprint density at radius 2 is 1.73 bits per heavy atom. The number of nitrogens with zero attached hydrogens (tertiary/aromatic N) is 2. The first kappa shape index (κ1) is 23.7. The second-order valence-electron chi connectivity index (χ2n) is 4.95. The second-order valence-corrected chi connectivity index (χ2v) is 4.95. The minimum absolute atomic E-state index is 0. The number of hydrogen-bond acceptors (Lipinski definition) is 5. The highest BCUT2D eigenvalue weighted by molar-refractivity contribution is 5.85. The highest BCUT2D eigenvalue weighted by Crippen LogP contribution is 2.01. The van der Waals surface area contributed by atoms with Crippen LogP contribution in [-0.4, -0.2) is 88.2 Å². The molecule has 1 saturated heterocycles. The van der Waals surface area contributed by atoms with Crippen LogP contribution in [0.25, 0.3) is 0 Å². The molecule has 7 nitrogen and oxygen atoms in total. The van der Waals surface area contributed by atoms with Crippen LogP contribution in [0.1, 0.15) is 6.42 Å². The Morgan fingerprint density at radius 1 is 1.09 bits per heavy atom. The van der Waals surface area contributed by atoms with Crippen molar-refractivity contribution < 1.29 is 14.3 Å². The molecule has 0 saturated carbocycles. The summed E-state index contributed by atoms with van der Waals surface area (Å²) in [6.07, 6.45) is 0.369. The molecular formula is C13H28Cl2N4O3. The van der Waals surface area contributed by atoms with Gasteiger partial charge in [0.15, 0.2) is 0 Å². The lowest BCUT2D eigenvalue weighted by Crippen LogP contribution is -2.47. The molecule has 2 N–H and O–H groups in total. The monoisotopic (exact) mass is 358 g/mol. The van der Waals surface area contributed by atoms with Crippen molar-refractivity contribution in [3.63, 3.8) is 0 Å². The number of likely N-dealkylation sites (N-methyl/N-ethyl adjacent to an activating group) is 1. The molecule has 2 amide bonds. The van der Waals surface area contributed by atoms with Gasteiger partial charge in [0, 0.05) is 52.8 Å². The molecule has 0 unspecified atom stereocenters. The summed E-state index contributed by atoms with van der Waals surface area (Å²) in [5.41, 5.74) is 0. The highest BCUT2D eigenvalue weighted by atomic mass is 35.5. The fourth-order valence-corrected chi connectivity index (χ4v) is 1.96. The van der Waals surface area contributed by atoms with E-state index in [-0.39, 0.29) is 43.2 Å². The molecule has 9 heteroatoms. The molecule has 0 radical (unpaired) electrons. The van der Waals surface area contributed by atoms with E-state index in [4.69, 9.17) is 4.74 Å². The minimum Gasteiger partial charge on any atom is -0.383 e. The predicted octanol–water partition coefficient (Wildman–Crippen LogP) is -0.654. The van der Waals surface area contributed by atoms with Crippen LogP contribution >= 0.6 is 24.8 Å². The van der Waals surface area contributed by atoms with Gasteiger partial charge in [0.25, 0.3) is 0 Å². The van der Waals surface area contributed by atoms with Crippen LogP contribution < -0.4 is 10.6 Å². The summed E-state index contributed by atoms with van der Waals surface area (Å²) in [5.74, 6) is 0.0259. The molecule has 0 aromatic rings. The van der Waals surface area contributed by atoms with Crippen molar-refractivity contribution in [3.8, 4) is 0 Å². The van der Waals surface area contributed by atoms with E-state index in [0.29, 0.717) is 26.1 Å². The van der Waals surface area contributed by atoms with Gasteiger partial charge in [-0.2, -0.15) is 0 Å². The second kappa shape index (κ2) is 14.0. The van der Waals surface area contributed by atoms with Crippen molar-refractivity contribution in [2.24, 2.45) is 0 Å². The number of piperazine rings is 1. The highest BCUT2D eigenvalue weighted by Gasteiger charge is 2.18. The van der Waals surface area contributed by atoms with Gasteiger partial charge in [0.1, 0.15) is 0 Å². The van der Waals surface area contributed by atoms with Crippen molar-refractivity contribution in [1.82, 2.24) is 20.4 Å².